The molecule has 0 unspecified atom stereocenters. The third-order valence-electron chi connectivity index (χ3n) is 0. The van der Waals surface area contributed by atoms with Crippen LogP contribution in [0.4, 0.5) is 0 Å². The number of hydrogen-bond donors (Lipinski definition) is 1. The standard InChI is InChI=1S/Ag.ClHO.Na.H/c;1-2;;/h;2H;;/q;;+1;-1. The molecule has 0 saturated heterocycles. The van der Waals surface area contributed by atoms with E-state index >= 15 is 0 Å². The van der Waals surface area contributed by atoms with Crippen molar-refractivity contribution in [2.24, 2.45) is 0 Å². The molecule has 0 atom stereocenters. The molecule has 0 aromatic heterocycles. The third-order valence-corrected chi connectivity index (χ3v) is 0. The zero-order chi connectivity index (χ0) is 2.00. The van der Waals surface area contributed by atoms with Gasteiger partial charge in [0.1, 0.15) is 0 Å². The Hall–Kier alpha value is 1.99. The molecule has 0 fully saturated rings. The van der Waals surface area contributed by atoms with Crippen molar-refractivity contribution in [2.75, 3.05) is 0 Å². The van der Waals surface area contributed by atoms with Gasteiger partial charge >= 0.3 is 29.6 Å². The van der Waals surface area contributed by atoms with Crippen LogP contribution in [0.1, 0.15) is 1.43 Å². The van der Waals surface area contributed by atoms with Crippen LogP contribution >= 0.6 is 11.9 Å². The molecule has 0 aromatic rings. The van der Waals surface area contributed by atoms with E-state index in [4.69, 9.17) is 4.66 Å². The van der Waals surface area contributed by atoms with Crippen LogP contribution in [0.3, 0.4) is 0 Å². The summed E-state index contributed by atoms with van der Waals surface area (Å²) in [6.07, 6.45) is 0. The zero-order valence-electron chi connectivity index (χ0n) is 3.13. The van der Waals surface area contributed by atoms with Crippen LogP contribution in [0.25, 0.3) is 0 Å². The minimum Gasteiger partial charge on any atom is -1.00 e. The van der Waals surface area contributed by atoms with Crippen molar-refractivity contribution < 1.29 is 58.0 Å². The number of halogens is 1. The molecule has 0 saturated carbocycles. The molecular weight excluding hydrogens is 182 g/mol. The quantitative estimate of drug-likeness (QED) is 0.405. The molecule has 1 nitrogen and oxygen atoms in total. The predicted octanol–water partition coefficient (Wildman–Crippen LogP) is -2.75. The molecule has 4 heavy (non-hydrogen) atoms. The summed E-state index contributed by atoms with van der Waals surface area (Å²) in [4.78, 5) is 0. The van der Waals surface area contributed by atoms with Gasteiger partial charge in [0.15, 0.2) is 0 Å². The minimum atomic E-state index is 0. The summed E-state index contributed by atoms with van der Waals surface area (Å²) >= 11 is 3.64. The second-order valence-corrected chi connectivity index (χ2v) is 0. The van der Waals surface area contributed by atoms with Gasteiger partial charge in [0.25, 0.3) is 0 Å². The van der Waals surface area contributed by atoms with E-state index in [1.165, 1.54) is 0 Å². The monoisotopic (exact) mass is 183 g/mol. The number of rotatable bonds is 0. The normalized spacial score (nSPS) is 1.50. The van der Waals surface area contributed by atoms with Gasteiger partial charge in [-0.1, -0.05) is 0 Å². The van der Waals surface area contributed by atoms with E-state index in [2.05, 4.69) is 11.9 Å². The smallest absolute Gasteiger partial charge is 1.00 e. The summed E-state index contributed by atoms with van der Waals surface area (Å²) in [5.41, 5.74) is 0. The van der Waals surface area contributed by atoms with Crippen LogP contribution in [-0.2, 0) is 22.4 Å². The van der Waals surface area contributed by atoms with E-state index in [1.54, 1.807) is 0 Å². The van der Waals surface area contributed by atoms with Crippen molar-refractivity contribution in [1.29, 1.82) is 0 Å². The molecule has 0 bridgehead atoms. The van der Waals surface area contributed by atoms with Gasteiger partial charge in [-0.2, -0.15) is 0 Å². The van der Waals surface area contributed by atoms with Gasteiger partial charge in [-0.25, -0.2) is 0 Å². The van der Waals surface area contributed by atoms with Crippen molar-refractivity contribution in [3.63, 3.8) is 0 Å². The summed E-state index contributed by atoms with van der Waals surface area (Å²) in [6.45, 7) is 0. The molecule has 0 aliphatic rings. The first kappa shape index (κ1) is 16.7. The Morgan fingerprint density at radius 3 is 1.50 bits per heavy atom. The zero-order valence-corrected chi connectivity index (χ0v) is 6.36. The second-order valence-electron chi connectivity index (χ2n) is 0. The molecule has 0 amide bonds. The minimum absolute atomic E-state index is 0. The SMILES string of the molecule is OCl.[Ag].[H-].[Na+]. The van der Waals surface area contributed by atoms with Crippen LogP contribution in [0, 0.1) is 0 Å². The maximum atomic E-state index is 6.47. The average molecular weight is 184 g/mol. The van der Waals surface area contributed by atoms with Crippen molar-refractivity contribution in [3.8, 4) is 0 Å². The Morgan fingerprint density at radius 1 is 1.50 bits per heavy atom. The molecule has 1 radical (unpaired) electrons. The van der Waals surface area contributed by atoms with E-state index in [1.807, 2.05) is 0 Å². The molecular formula is H2AgClNaO. The van der Waals surface area contributed by atoms with Gasteiger partial charge < -0.3 is 1.43 Å². The third kappa shape index (κ3) is 9.01. The summed E-state index contributed by atoms with van der Waals surface area (Å²) < 4.78 is 6.47. The van der Waals surface area contributed by atoms with E-state index < -0.39 is 0 Å². The topological polar surface area (TPSA) is 20.2 Å². The molecule has 0 aliphatic carbocycles. The predicted molar refractivity (Wildman–Crippen MR) is 9.18 cm³/mol. The van der Waals surface area contributed by atoms with Crippen molar-refractivity contribution in [3.05, 3.63) is 0 Å². The van der Waals surface area contributed by atoms with Crippen LogP contribution in [-0.4, -0.2) is 4.66 Å². The Kier molecular flexibility index (Phi) is 83.7. The fourth-order valence-corrected chi connectivity index (χ4v) is 0. The molecule has 0 spiro atoms. The summed E-state index contributed by atoms with van der Waals surface area (Å²) in [6, 6.07) is 0. The summed E-state index contributed by atoms with van der Waals surface area (Å²) in [7, 11) is 0. The summed E-state index contributed by atoms with van der Waals surface area (Å²) in [5, 5.41) is 0. The summed E-state index contributed by atoms with van der Waals surface area (Å²) in [5.74, 6) is 0. The van der Waals surface area contributed by atoms with Crippen LogP contribution < -0.4 is 29.6 Å². The molecule has 4 heteroatoms. The van der Waals surface area contributed by atoms with Gasteiger partial charge in [0, 0.05) is 22.4 Å². The Morgan fingerprint density at radius 2 is 1.50 bits per heavy atom. The Bertz CT molecular complexity index is 11.6. The molecule has 0 rings (SSSR count). The van der Waals surface area contributed by atoms with Crippen molar-refractivity contribution >= 4 is 11.9 Å². The number of hydrogen-bond acceptors (Lipinski definition) is 1. The molecule has 27 valence electrons. The average Bonchev–Trinajstić information content (AvgIpc) is 1.00. The second kappa shape index (κ2) is 20.1. The van der Waals surface area contributed by atoms with Gasteiger partial charge in [-0.3, -0.25) is 4.66 Å². The fraction of sp³-hybridized carbons (Fsp3) is 0. The Labute approximate surface area is 69.2 Å². The first-order valence-electron chi connectivity index (χ1n) is 0.169. The molecule has 1 N–H and O–H groups in total. The van der Waals surface area contributed by atoms with Gasteiger partial charge in [-0.05, 0) is 0 Å². The molecule has 0 heterocycles. The first-order chi connectivity index (χ1) is 1.00. The maximum absolute atomic E-state index is 6.47. The maximum Gasteiger partial charge on any atom is 1.00 e. The van der Waals surface area contributed by atoms with Crippen molar-refractivity contribution in [2.45, 2.75) is 0 Å². The van der Waals surface area contributed by atoms with Crippen LogP contribution in [0.15, 0.2) is 0 Å². The van der Waals surface area contributed by atoms with Crippen LogP contribution in [0.2, 0.25) is 0 Å². The van der Waals surface area contributed by atoms with Gasteiger partial charge in [0.2, 0.25) is 0 Å². The van der Waals surface area contributed by atoms with E-state index in [9.17, 15) is 0 Å². The Balaban J connectivity index is -0.00000000167. The largest absolute Gasteiger partial charge is 1.00 e. The van der Waals surface area contributed by atoms with E-state index in [-0.39, 0.29) is 53.4 Å². The van der Waals surface area contributed by atoms with E-state index in [0.717, 1.165) is 0 Å². The van der Waals surface area contributed by atoms with Gasteiger partial charge in [-0.15, -0.1) is 0 Å². The molecule has 0 aliphatic heterocycles. The van der Waals surface area contributed by atoms with Crippen LogP contribution in [0.5, 0.6) is 0 Å². The van der Waals surface area contributed by atoms with Crippen molar-refractivity contribution in [1.82, 2.24) is 0 Å². The fourth-order valence-electron chi connectivity index (χ4n) is 0. The van der Waals surface area contributed by atoms with E-state index in [0.29, 0.717) is 0 Å². The van der Waals surface area contributed by atoms with Gasteiger partial charge in [0.05, 0.1) is 11.9 Å². The molecule has 0 aromatic carbocycles. The first-order valence-corrected chi connectivity index (χ1v) is 0.507.